The Morgan fingerprint density at radius 3 is 2.47 bits per heavy atom. The summed E-state index contributed by atoms with van der Waals surface area (Å²) in [6.45, 7) is 5.99. The number of pyridine rings is 1. The van der Waals surface area contributed by atoms with E-state index in [2.05, 4.69) is 0 Å². The number of aromatic hydroxyl groups is 1. The molecular weight excluding hydrogens is 401 g/mol. The summed E-state index contributed by atoms with van der Waals surface area (Å²) in [6, 6.07) is 5.24. The number of halogens is 3. The second kappa shape index (κ2) is 7.70. The van der Waals surface area contributed by atoms with Crippen molar-refractivity contribution in [2.45, 2.75) is 45.0 Å². The molecule has 0 bridgehead atoms. The van der Waals surface area contributed by atoms with Gasteiger partial charge in [-0.3, -0.25) is 4.79 Å². The van der Waals surface area contributed by atoms with Gasteiger partial charge in [-0.05, 0) is 57.5 Å². The quantitative estimate of drug-likeness (QED) is 0.775. The van der Waals surface area contributed by atoms with Crippen LogP contribution >= 0.6 is 0 Å². The van der Waals surface area contributed by atoms with Crippen LogP contribution in [0.15, 0.2) is 41.3 Å². The van der Waals surface area contributed by atoms with Crippen LogP contribution in [0.25, 0.3) is 11.1 Å². The van der Waals surface area contributed by atoms with Crippen LogP contribution in [0.4, 0.5) is 18.0 Å². The van der Waals surface area contributed by atoms with Crippen LogP contribution in [-0.2, 0) is 10.9 Å². The summed E-state index contributed by atoms with van der Waals surface area (Å²) in [5, 5.41) is 10.1. The average molecular weight is 424 g/mol. The number of phenolic OH excluding ortho intramolecular Hbond substituents is 1. The third-order valence-corrected chi connectivity index (χ3v) is 4.80. The van der Waals surface area contributed by atoms with E-state index in [9.17, 15) is 27.9 Å². The van der Waals surface area contributed by atoms with E-state index in [1.807, 2.05) is 0 Å². The minimum absolute atomic E-state index is 0.0179. The Labute approximate surface area is 171 Å². The van der Waals surface area contributed by atoms with Crippen LogP contribution in [0.5, 0.6) is 5.75 Å². The maximum absolute atomic E-state index is 13.0. The van der Waals surface area contributed by atoms with Gasteiger partial charge in [-0.25, -0.2) is 4.79 Å². The summed E-state index contributed by atoms with van der Waals surface area (Å²) in [5.41, 5.74) is -1.98. The van der Waals surface area contributed by atoms with Gasteiger partial charge in [-0.15, -0.1) is 0 Å². The van der Waals surface area contributed by atoms with Crippen molar-refractivity contribution in [1.82, 2.24) is 9.47 Å². The number of carbonyl (C=O) groups is 1. The molecule has 1 aliphatic rings. The summed E-state index contributed by atoms with van der Waals surface area (Å²) >= 11 is 0. The van der Waals surface area contributed by atoms with E-state index in [1.54, 1.807) is 33.0 Å². The maximum Gasteiger partial charge on any atom is 0.416 e. The molecule has 1 aromatic carbocycles. The molecule has 162 valence electrons. The fourth-order valence-electron chi connectivity index (χ4n) is 3.40. The average Bonchev–Trinajstić information content (AvgIpc) is 3.10. The standard InChI is InChI=1S/C21H23F3N2O4/c1-20(2,3)30-19(29)25-10-8-14(12-25)26-9-4-5-16(18(26)28)15-7-6-13(11-17(15)27)21(22,23)24/h4-7,9,11,14,27H,8,10,12H2,1-3H3. The Hall–Kier alpha value is -2.97. The lowest BCUT2D eigenvalue weighted by molar-refractivity contribution is -0.137. The molecule has 1 aromatic heterocycles. The second-order valence-corrected chi connectivity index (χ2v) is 8.23. The zero-order valence-corrected chi connectivity index (χ0v) is 16.9. The molecule has 1 fully saturated rings. The minimum Gasteiger partial charge on any atom is -0.507 e. The normalized spacial score (nSPS) is 17.3. The highest BCUT2D eigenvalue weighted by molar-refractivity contribution is 5.70. The molecule has 30 heavy (non-hydrogen) atoms. The summed E-state index contributed by atoms with van der Waals surface area (Å²) in [7, 11) is 0. The number of hydrogen-bond acceptors (Lipinski definition) is 4. The molecule has 1 amide bonds. The van der Waals surface area contributed by atoms with Crippen LogP contribution in [-0.4, -0.2) is 39.4 Å². The SMILES string of the molecule is CC(C)(C)OC(=O)N1CCC(n2cccc(-c3ccc(C(F)(F)F)cc3O)c2=O)C1. The molecule has 0 saturated carbocycles. The number of carbonyl (C=O) groups excluding carboxylic acids is 1. The van der Waals surface area contributed by atoms with Crippen LogP contribution in [0.2, 0.25) is 0 Å². The van der Waals surface area contributed by atoms with Crippen LogP contribution in [0.3, 0.4) is 0 Å². The van der Waals surface area contributed by atoms with Crippen molar-refractivity contribution in [1.29, 1.82) is 0 Å². The number of hydrogen-bond donors (Lipinski definition) is 1. The largest absolute Gasteiger partial charge is 0.507 e. The first-order valence-electron chi connectivity index (χ1n) is 9.46. The van der Waals surface area contributed by atoms with Gasteiger partial charge < -0.3 is 19.3 Å². The van der Waals surface area contributed by atoms with Gasteiger partial charge in [0.15, 0.2) is 0 Å². The lowest BCUT2D eigenvalue weighted by Gasteiger charge is -2.24. The molecule has 1 unspecified atom stereocenters. The number of benzene rings is 1. The van der Waals surface area contributed by atoms with Gasteiger partial charge in [0.2, 0.25) is 0 Å². The van der Waals surface area contributed by atoms with Gasteiger partial charge in [0.25, 0.3) is 5.56 Å². The van der Waals surface area contributed by atoms with Gasteiger partial charge in [0.05, 0.1) is 17.2 Å². The Kier molecular flexibility index (Phi) is 5.58. The first kappa shape index (κ1) is 21.7. The van der Waals surface area contributed by atoms with Crippen molar-refractivity contribution in [2.24, 2.45) is 0 Å². The summed E-state index contributed by atoms with van der Waals surface area (Å²) in [5.74, 6) is -0.624. The van der Waals surface area contributed by atoms with Gasteiger partial charge in [0, 0.05) is 24.8 Å². The molecule has 6 nitrogen and oxygen atoms in total. The van der Waals surface area contributed by atoms with E-state index < -0.39 is 34.7 Å². The van der Waals surface area contributed by atoms with E-state index in [4.69, 9.17) is 4.74 Å². The second-order valence-electron chi connectivity index (χ2n) is 8.23. The topological polar surface area (TPSA) is 71.8 Å². The van der Waals surface area contributed by atoms with E-state index in [-0.39, 0.29) is 23.7 Å². The van der Waals surface area contributed by atoms with Crippen molar-refractivity contribution in [3.05, 3.63) is 52.4 Å². The number of amides is 1. The number of rotatable bonds is 2. The molecule has 1 atom stereocenters. The third kappa shape index (κ3) is 4.60. The molecule has 0 radical (unpaired) electrons. The van der Waals surface area contributed by atoms with Gasteiger partial charge in [0.1, 0.15) is 11.4 Å². The zero-order chi connectivity index (χ0) is 22.3. The summed E-state index contributed by atoms with van der Waals surface area (Å²) in [6.07, 6.45) is -2.96. The first-order chi connectivity index (χ1) is 13.9. The minimum atomic E-state index is -4.60. The van der Waals surface area contributed by atoms with Crippen LogP contribution in [0.1, 0.15) is 38.8 Å². The molecule has 2 aromatic rings. The van der Waals surface area contributed by atoms with Crippen molar-refractivity contribution >= 4 is 6.09 Å². The number of alkyl halides is 3. The van der Waals surface area contributed by atoms with Gasteiger partial charge in [-0.1, -0.05) is 0 Å². The number of likely N-dealkylation sites (tertiary alicyclic amines) is 1. The Morgan fingerprint density at radius 1 is 1.17 bits per heavy atom. The van der Waals surface area contributed by atoms with Gasteiger partial charge >= 0.3 is 12.3 Å². The highest BCUT2D eigenvalue weighted by atomic mass is 19.4. The molecule has 9 heteroatoms. The maximum atomic E-state index is 13.0. The highest BCUT2D eigenvalue weighted by Crippen LogP contribution is 2.35. The van der Waals surface area contributed by atoms with Crippen molar-refractivity contribution in [3.8, 4) is 16.9 Å². The van der Waals surface area contributed by atoms with E-state index >= 15 is 0 Å². The van der Waals surface area contributed by atoms with E-state index in [1.165, 1.54) is 15.5 Å². The summed E-state index contributed by atoms with van der Waals surface area (Å²) < 4.78 is 45.3. The molecule has 0 spiro atoms. The van der Waals surface area contributed by atoms with Crippen molar-refractivity contribution in [2.75, 3.05) is 13.1 Å². The molecule has 3 rings (SSSR count). The predicted octanol–water partition coefficient (Wildman–Crippen LogP) is 4.42. The fraction of sp³-hybridized carbons (Fsp3) is 0.429. The molecular formula is C21H23F3N2O4. The Bertz CT molecular complexity index is 1010. The van der Waals surface area contributed by atoms with Crippen molar-refractivity contribution < 1.29 is 27.8 Å². The van der Waals surface area contributed by atoms with Crippen LogP contribution in [0, 0.1) is 0 Å². The lowest BCUT2D eigenvalue weighted by atomic mass is 10.0. The molecule has 1 N–H and O–H groups in total. The lowest BCUT2D eigenvalue weighted by Crippen LogP contribution is -2.36. The van der Waals surface area contributed by atoms with E-state index in [0.29, 0.717) is 19.0 Å². The molecule has 1 aliphatic heterocycles. The molecule has 2 heterocycles. The fourth-order valence-corrected chi connectivity index (χ4v) is 3.40. The van der Waals surface area contributed by atoms with E-state index in [0.717, 1.165) is 12.1 Å². The molecule has 0 aliphatic carbocycles. The number of aromatic nitrogens is 1. The monoisotopic (exact) mass is 424 g/mol. The number of phenols is 1. The Balaban J connectivity index is 1.87. The van der Waals surface area contributed by atoms with Crippen LogP contribution < -0.4 is 5.56 Å². The Morgan fingerprint density at radius 2 is 1.87 bits per heavy atom. The first-order valence-corrected chi connectivity index (χ1v) is 9.46. The number of ether oxygens (including phenoxy) is 1. The zero-order valence-electron chi connectivity index (χ0n) is 16.9. The third-order valence-electron chi connectivity index (χ3n) is 4.80. The number of nitrogens with zero attached hydrogens (tertiary/aromatic N) is 2. The predicted molar refractivity (Wildman–Crippen MR) is 104 cm³/mol. The smallest absolute Gasteiger partial charge is 0.416 e. The highest BCUT2D eigenvalue weighted by Gasteiger charge is 2.33. The van der Waals surface area contributed by atoms with Crippen molar-refractivity contribution in [3.63, 3.8) is 0 Å². The molecule has 1 saturated heterocycles. The van der Waals surface area contributed by atoms with Gasteiger partial charge in [-0.2, -0.15) is 13.2 Å². The summed E-state index contributed by atoms with van der Waals surface area (Å²) in [4.78, 5) is 26.8.